The molecule has 1 aromatic carbocycles. The molecule has 7 nitrogen and oxygen atoms in total. The van der Waals surface area contributed by atoms with Crippen molar-refractivity contribution in [1.29, 1.82) is 0 Å². The molecule has 0 N–H and O–H groups in total. The van der Waals surface area contributed by atoms with Crippen molar-refractivity contribution in [3.05, 3.63) is 47.7 Å². The van der Waals surface area contributed by atoms with Crippen LogP contribution < -0.4 is 0 Å². The Morgan fingerprint density at radius 1 is 0.833 bits per heavy atom. The Morgan fingerprint density at radius 3 is 1.90 bits per heavy atom. The van der Waals surface area contributed by atoms with Crippen LogP contribution in [0, 0.1) is 23.7 Å². The summed E-state index contributed by atoms with van der Waals surface area (Å²) in [7, 11) is 0. The number of Topliss-reactive ketones (excluding diaryl/α,β-unsaturated/α-hetero) is 2. The van der Waals surface area contributed by atoms with Crippen molar-refractivity contribution in [2.75, 3.05) is 39.6 Å². The number of ketones is 2. The lowest BCUT2D eigenvalue weighted by Gasteiger charge is -2.05. The molecule has 1 rings (SSSR count). The highest BCUT2D eigenvalue weighted by atomic mass is 16.6. The highest BCUT2D eigenvalue weighted by Crippen LogP contribution is 2.02. The molecule has 0 saturated heterocycles. The van der Waals surface area contributed by atoms with E-state index < -0.39 is 11.8 Å². The maximum atomic E-state index is 11.8. The van der Waals surface area contributed by atoms with Gasteiger partial charge in [-0.15, -0.1) is 0 Å². The molecule has 7 heteroatoms. The molecule has 0 radical (unpaired) electrons. The molecule has 0 fully saturated rings. The van der Waals surface area contributed by atoms with Crippen LogP contribution in [-0.4, -0.2) is 57.2 Å². The Balaban J connectivity index is 2.52. The van der Waals surface area contributed by atoms with Crippen molar-refractivity contribution in [2.24, 2.45) is 0 Å². The first-order chi connectivity index (χ1) is 14.4. The first-order valence-corrected chi connectivity index (χ1v) is 9.26. The van der Waals surface area contributed by atoms with Crippen LogP contribution in [0.4, 0.5) is 0 Å². The van der Waals surface area contributed by atoms with Crippen molar-refractivity contribution in [2.45, 2.75) is 13.8 Å². The number of esters is 1. The first-order valence-electron chi connectivity index (χ1n) is 9.26. The van der Waals surface area contributed by atoms with Gasteiger partial charge in [0.2, 0.25) is 11.6 Å². The van der Waals surface area contributed by atoms with E-state index in [2.05, 4.69) is 35.0 Å². The second kappa shape index (κ2) is 14.6. The van der Waals surface area contributed by atoms with Gasteiger partial charge in [0.1, 0.15) is 32.2 Å². The quantitative estimate of drug-likeness (QED) is 0.310. The maximum absolute atomic E-state index is 11.8. The summed E-state index contributed by atoms with van der Waals surface area (Å²) in [5.74, 6) is 9.39. The Bertz CT molecular complexity index is 809. The predicted molar refractivity (Wildman–Crippen MR) is 109 cm³/mol. The molecule has 1 aromatic rings. The Labute approximate surface area is 176 Å². The van der Waals surface area contributed by atoms with Crippen molar-refractivity contribution in [3.8, 4) is 23.7 Å². The van der Waals surface area contributed by atoms with Crippen molar-refractivity contribution in [1.82, 2.24) is 0 Å². The lowest BCUT2D eigenvalue weighted by molar-refractivity contribution is -0.148. The summed E-state index contributed by atoms with van der Waals surface area (Å²) in [5.41, 5.74) is 1.12. The third kappa shape index (κ3) is 11.5. The summed E-state index contributed by atoms with van der Waals surface area (Å²) in [6.07, 6.45) is 0. The standard InChI is InChI=1S/C23H24O7/c1-4-29-18(3)14-27-15-21(24)11-9-19-7-6-8-20(13-19)10-12-22(25)16-28-17-23(26)30-5-2/h6-8,13H,3-5,14-17H2,1-2H3. The summed E-state index contributed by atoms with van der Waals surface area (Å²) >= 11 is 0. The summed E-state index contributed by atoms with van der Waals surface area (Å²) in [6.45, 7) is 7.24. The second-order valence-electron chi connectivity index (χ2n) is 5.69. The van der Waals surface area contributed by atoms with Gasteiger partial charge in [-0.2, -0.15) is 0 Å². The fraction of sp³-hybridized carbons (Fsp3) is 0.348. The molecular formula is C23H24O7. The summed E-state index contributed by atoms with van der Waals surface area (Å²) in [4.78, 5) is 34.6. The number of rotatable bonds is 11. The van der Waals surface area contributed by atoms with E-state index in [1.807, 2.05) is 6.92 Å². The molecule has 0 aliphatic heterocycles. The van der Waals surface area contributed by atoms with Gasteiger partial charge in [0, 0.05) is 11.1 Å². The smallest absolute Gasteiger partial charge is 0.332 e. The van der Waals surface area contributed by atoms with Crippen molar-refractivity contribution >= 4 is 17.5 Å². The molecule has 0 amide bonds. The molecule has 0 saturated carbocycles. The molecule has 0 heterocycles. The second-order valence-corrected chi connectivity index (χ2v) is 5.69. The lowest BCUT2D eigenvalue weighted by atomic mass is 10.1. The van der Waals surface area contributed by atoms with Gasteiger partial charge in [-0.25, -0.2) is 4.79 Å². The minimum atomic E-state index is -0.538. The predicted octanol–water partition coefficient (Wildman–Crippen LogP) is 1.67. The van der Waals surface area contributed by atoms with Crippen LogP contribution in [0.5, 0.6) is 0 Å². The Morgan fingerprint density at radius 2 is 1.37 bits per heavy atom. The number of carbonyl (C=O) groups is 3. The largest absolute Gasteiger partial charge is 0.496 e. The molecule has 0 aliphatic carbocycles. The van der Waals surface area contributed by atoms with Gasteiger partial charge >= 0.3 is 5.97 Å². The average molecular weight is 412 g/mol. The van der Waals surface area contributed by atoms with E-state index >= 15 is 0 Å². The van der Waals surface area contributed by atoms with E-state index in [1.54, 1.807) is 31.2 Å². The van der Waals surface area contributed by atoms with E-state index in [4.69, 9.17) is 14.2 Å². The summed E-state index contributed by atoms with van der Waals surface area (Å²) in [6, 6.07) is 6.78. The molecule has 0 atom stereocenters. The normalized spacial score (nSPS) is 9.40. The fourth-order valence-electron chi connectivity index (χ4n) is 1.96. The van der Waals surface area contributed by atoms with Crippen LogP contribution in [-0.2, 0) is 33.3 Å². The summed E-state index contributed by atoms with van der Waals surface area (Å²) < 4.78 is 19.9. The minimum absolute atomic E-state index is 0.129. The number of ether oxygens (including phenoxy) is 4. The highest BCUT2D eigenvalue weighted by molar-refractivity contribution is 5.97. The number of benzene rings is 1. The molecule has 0 spiro atoms. The zero-order chi connectivity index (χ0) is 22.2. The zero-order valence-electron chi connectivity index (χ0n) is 17.1. The van der Waals surface area contributed by atoms with E-state index in [-0.39, 0.29) is 38.8 Å². The number of hydrogen-bond donors (Lipinski definition) is 0. The number of hydrogen-bond acceptors (Lipinski definition) is 7. The van der Waals surface area contributed by atoms with E-state index in [0.717, 1.165) is 0 Å². The van der Waals surface area contributed by atoms with E-state index in [1.165, 1.54) is 0 Å². The average Bonchev–Trinajstić information content (AvgIpc) is 2.71. The van der Waals surface area contributed by atoms with Crippen LogP contribution >= 0.6 is 0 Å². The Kier molecular flexibility index (Phi) is 12.0. The Hall–Kier alpha value is -3.39. The SMILES string of the molecule is C=C(COCC(=O)C#Cc1cccc(C#CC(=O)COCC(=O)OCC)c1)OCC. The molecular weight excluding hydrogens is 388 g/mol. The van der Waals surface area contributed by atoms with E-state index in [0.29, 0.717) is 23.5 Å². The molecule has 30 heavy (non-hydrogen) atoms. The molecule has 158 valence electrons. The molecule has 0 aromatic heterocycles. The van der Waals surface area contributed by atoms with Crippen LogP contribution in [0.2, 0.25) is 0 Å². The van der Waals surface area contributed by atoms with Gasteiger partial charge in [0.25, 0.3) is 0 Å². The minimum Gasteiger partial charge on any atom is -0.496 e. The van der Waals surface area contributed by atoms with Gasteiger partial charge in [0.15, 0.2) is 0 Å². The van der Waals surface area contributed by atoms with Gasteiger partial charge in [-0.05, 0) is 43.9 Å². The van der Waals surface area contributed by atoms with Crippen LogP contribution in [0.1, 0.15) is 25.0 Å². The lowest BCUT2D eigenvalue weighted by Crippen LogP contribution is -2.16. The molecule has 0 aliphatic rings. The third-order valence-corrected chi connectivity index (χ3v) is 3.16. The van der Waals surface area contributed by atoms with Gasteiger partial charge < -0.3 is 18.9 Å². The number of carbonyl (C=O) groups excluding carboxylic acids is 3. The first kappa shape index (κ1) is 24.6. The zero-order valence-corrected chi connectivity index (χ0v) is 17.1. The fourth-order valence-corrected chi connectivity index (χ4v) is 1.96. The third-order valence-electron chi connectivity index (χ3n) is 3.16. The van der Waals surface area contributed by atoms with Gasteiger partial charge in [-0.3, -0.25) is 9.59 Å². The molecule has 0 unspecified atom stereocenters. The molecule has 0 bridgehead atoms. The van der Waals surface area contributed by atoms with Gasteiger partial charge in [-0.1, -0.05) is 24.5 Å². The topological polar surface area (TPSA) is 88.1 Å². The van der Waals surface area contributed by atoms with Gasteiger partial charge in [0.05, 0.1) is 13.2 Å². The van der Waals surface area contributed by atoms with Crippen molar-refractivity contribution in [3.63, 3.8) is 0 Å². The van der Waals surface area contributed by atoms with Crippen molar-refractivity contribution < 1.29 is 33.3 Å². The van der Waals surface area contributed by atoms with Crippen LogP contribution in [0.3, 0.4) is 0 Å². The maximum Gasteiger partial charge on any atom is 0.332 e. The van der Waals surface area contributed by atoms with Crippen LogP contribution in [0.25, 0.3) is 0 Å². The monoisotopic (exact) mass is 412 g/mol. The summed E-state index contributed by atoms with van der Waals surface area (Å²) in [5, 5.41) is 0. The van der Waals surface area contributed by atoms with E-state index in [9.17, 15) is 14.4 Å². The highest BCUT2D eigenvalue weighted by Gasteiger charge is 2.04. The van der Waals surface area contributed by atoms with Crippen LogP contribution in [0.15, 0.2) is 36.6 Å².